The van der Waals surface area contributed by atoms with E-state index in [-0.39, 0.29) is 0 Å². The lowest BCUT2D eigenvalue weighted by Crippen LogP contribution is -2.34. The van der Waals surface area contributed by atoms with Crippen LogP contribution < -0.4 is 16.8 Å². The number of hydrogen-bond acceptors (Lipinski definition) is 4. The molecular formula is C13H24N4. The molecule has 0 spiro atoms. The third kappa shape index (κ3) is 4.15. The fourth-order valence-corrected chi connectivity index (χ4v) is 1.86. The van der Waals surface area contributed by atoms with E-state index in [0.29, 0.717) is 17.4 Å². The molecule has 0 aliphatic rings. The predicted octanol–water partition coefficient (Wildman–Crippen LogP) is 1.99. The Morgan fingerprint density at radius 3 is 2.35 bits per heavy atom. The fraction of sp³-hybridized carbons (Fsp3) is 0.538. The third-order valence-corrected chi connectivity index (χ3v) is 2.93. The molecule has 0 bridgehead atoms. The second-order valence-electron chi connectivity index (χ2n) is 4.37. The molecule has 0 amide bonds. The largest absolute Gasteiger partial charge is 0.397 e. The summed E-state index contributed by atoms with van der Waals surface area (Å²) in [7, 11) is 0. The van der Waals surface area contributed by atoms with Crippen LogP contribution in [0.25, 0.3) is 0 Å². The van der Waals surface area contributed by atoms with Crippen molar-refractivity contribution in [3.05, 3.63) is 18.2 Å². The van der Waals surface area contributed by atoms with E-state index in [9.17, 15) is 0 Å². The number of anilines is 3. The maximum atomic E-state index is 5.77. The van der Waals surface area contributed by atoms with Crippen molar-refractivity contribution in [1.82, 2.24) is 4.90 Å². The summed E-state index contributed by atoms with van der Waals surface area (Å²) in [4.78, 5) is 2.39. The Bertz CT molecular complexity index is 347. The molecule has 0 aromatic heterocycles. The van der Waals surface area contributed by atoms with Crippen LogP contribution in [0.2, 0.25) is 0 Å². The van der Waals surface area contributed by atoms with Gasteiger partial charge in [-0.25, -0.2) is 0 Å². The summed E-state index contributed by atoms with van der Waals surface area (Å²) in [5.74, 6) is 0. The second kappa shape index (κ2) is 6.35. The van der Waals surface area contributed by atoms with Crippen LogP contribution in [0, 0.1) is 0 Å². The number of rotatable bonds is 6. The van der Waals surface area contributed by atoms with E-state index in [1.807, 2.05) is 18.2 Å². The lowest BCUT2D eigenvalue weighted by molar-refractivity contribution is 0.295. The van der Waals surface area contributed by atoms with Gasteiger partial charge in [0.2, 0.25) is 0 Å². The summed E-state index contributed by atoms with van der Waals surface area (Å²) in [5, 5.41) is 3.43. The Balaban J connectivity index is 2.55. The zero-order chi connectivity index (χ0) is 12.8. The Morgan fingerprint density at radius 1 is 1.18 bits per heavy atom. The van der Waals surface area contributed by atoms with Crippen molar-refractivity contribution in [2.45, 2.75) is 26.8 Å². The molecule has 1 rings (SSSR count). The first-order chi connectivity index (χ1) is 8.06. The summed E-state index contributed by atoms with van der Waals surface area (Å²) in [5.41, 5.74) is 13.7. The second-order valence-corrected chi connectivity index (χ2v) is 4.37. The van der Waals surface area contributed by atoms with E-state index in [1.54, 1.807) is 0 Å². The molecule has 96 valence electrons. The van der Waals surface area contributed by atoms with Crippen molar-refractivity contribution in [1.29, 1.82) is 0 Å². The smallest absolute Gasteiger partial charge is 0.0568 e. The van der Waals surface area contributed by atoms with Crippen LogP contribution in [0.15, 0.2) is 18.2 Å². The van der Waals surface area contributed by atoms with E-state index in [0.717, 1.165) is 25.3 Å². The van der Waals surface area contributed by atoms with Crippen LogP contribution in [0.4, 0.5) is 17.1 Å². The maximum absolute atomic E-state index is 5.77. The van der Waals surface area contributed by atoms with E-state index < -0.39 is 0 Å². The zero-order valence-electron chi connectivity index (χ0n) is 11.0. The van der Waals surface area contributed by atoms with E-state index in [4.69, 9.17) is 11.5 Å². The molecule has 4 nitrogen and oxygen atoms in total. The Hall–Kier alpha value is -1.42. The molecular weight excluding hydrogens is 212 g/mol. The van der Waals surface area contributed by atoms with Gasteiger partial charge < -0.3 is 21.7 Å². The molecule has 0 saturated heterocycles. The number of nitrogens with two attached hydrogens (primary N) is 2. The summed E-state index contributed by atoms with van der Waals surface area (Å²) < 4.78 is 0. The van der Waals surface area contributed by atoms with Crippen LogP contribution in [0.1, 0.15) is 20.8 Å². The van der Waals surface area contributed by atoms with Crippen LogP contribution in [-0.4, -0.2) is 30.6 Å². The van der Waals surface area contributed by atoms with Crippen molar-refractivity contribution in [2.24, 2.45) is 0 Å². The fourth-order valence-electron chi connectivity index (χ4n) is 1.86. The van der Waals surface area contributed by atoms with Gasteiger partial charge in [-0.1, -0.05) is 13.8 Å². The molecule has 1 atom stereocenters. The highest BCUT2D eigenvalue weighted by Gasteiger charge is 2.07. The number of likely N-dealkylation sites (N-methyl/N-ethyl adjacent to an activating group) is 1. The van der Waals surface area contributed by atoms with Gasteiger partial charge in [0.15, 0.2) is 0 Å². The Kier molecular flexibility index (Phi) is 5.10. The van der Waals surface area contributed by atoms with Crippen LogP contribution in [0.5, 0.6) is 0 Å². The van der Waals surface area contributed by atoms with E-state index in [1.165, 1.54) is 0 Å². The first-order valence-electron chi connectivity index (χ1n) is 6.20. The highest BCUT2D eigenvalue weighted by atomic mass is 15.1. The van der Waals surface area contributed by atoms with Gasteiger partial charge in [0.05, 0.1) is 11.4 Å². The van der Waals surface area contributed by atoms with Crippen LogP contribution >= 0.6 is 0 Å². The van der Waals surface area contributed by atoms with Gasteiger partial charge in [-0.2, -0.15) is 0 Å². The average Bonchev–Trinajstić information content (AvgIpc) is 2.31. The number of nitrogens with zero attached hydrogens (tertiary/aromatic N) is 1. The molecule has 0 fully saturated rings. The molecule has 1 aromatic carbocycles. The number of benzene rings is 1. The van der Waals surface area contributed by atoms with E-state index in [2.05, 4.69) is 31.0 Å². The van der Waals surface area contributed by atoms with E-state index >= 15 is 0 Å². The lowest BCUT2D eigenvalue weighted by Gasteiger charge is -2.24. The van der Waals surface area contributed by atoms with Gasteiger partial charge in [-0.15, -0.1) is 0 Å². The average molecular weight is 236 g/mol. The first kappa shape index (κ1) is 13.6. The van der Waals surface area contributed by atoms with Crippen molar-refractivity contribution in [3.8, 4) is 0 Å². The molecule has 1 unspecified atom stereocenters. The van der Waals surface area contributed by atoms with Crippen molar-refractivity contribution in [3.63, 3.8) is 0 Å². The zero-order valence-corrected chi connectivity index (χ0v) is 11.0. The first-order valence-corrected chi connectivity index (χ1v) is 6.20. The van der Waals surface area contributed by atoms with Gasteiger partial charge in [0.25, 0.3) is 0 Å². The van der Waals surface area contributed by atoms with Crippen LogP contribution in [-0.2, 0) is 0 Å². The molecule has 0 saturated carbocycles. The minimum Gasteiger partial charge on any atom is -0.397 e. The molecule has 4 heteroatoms. The standard InChI is InChI=1S/C13H24N4/c1-4-17(5-2)9-10(3)16-11-6-7-12(14)13(15)8-11/h6-8,10,16H,4-5,9,14-15H2,1-3H3. The van der Waals surface area contributed by atoms with Crippen LogP contribution in [0.3, 0.4) is 0 Å². The monoisotopic (exact) mass is 236 g/mol. The van der Waals surface area contributed by atoms with Gasteiger partial charge in [-0.05, 0) is 38.2 Å². The highest BCUT2D eigenvalue weighted by molar-refractivity contribution is 5.69. The number of hydrogen-bond donors (Lipinski definition) is 3. The van der Waals surface area contributed by atoms with Gasteiger partial charge in [-0.3, -0.25) is 0 Å². The summed E-state index contributed by atoms with van der Waals surface area (Å²) in [6.07, 6.45) is 0. The minimum absolute atomic E-state index is 0.387. The third-order valence-electron chi connectivity index (χ3n) is 2.93. The summed E-state index contributed by atoms with van der Waals surface area (Å²) in [6.45, 7) is 9.70. The van der Waals surface area contributed by atoms with Gasteiger partial charge >= 0.3 is 0 Å². The minimum atomic E-state index is 0.387. The molecule has 17 heavy (non-hydrogen) atoms. The molecule has 5 N–H and O–H groups in total. The maximum Gasteiger partial charge on any atom is 0.0568 e. The molecule has 0 radical (unpaired) electrons. The Labute approximate surface area is 104 Å². The molecule has 0 heterocycles. The molecule has 0 aliphatic heterocycles. The van der Waals surface area contributed by atoms with Gasteiger partial charge in [0, 0.05) is 18.3 Å². The van der Waals surface area contributed by atoms with Crippen molar-refractivity contribution >= 4 is 17.1 Å². The lowest BCUT2D eigenvalue weighted by atomic mass is 10.2. The van der Waals surface area contributed by atoms with Crippen molar-refractivity contribution < 1.29 is 0 Å². The molecule has 0 aliphatic carbocycles. The number of nitrogens with one attached hydrogen (secondary N) is 1. The molecule has 1 aromatic rings. The predicted molar refractivity (Wildman–Crippen MR) is 76.1 cm³/mol. The summed E-state index contributed by atoms with van der Waals surface area (Å²) in [6, 6.07) is 6.07. The normalized spacial score (nSPS) is 12.7. The topological polar surface area (TPSA) is 67.3 Å². The Morgan fingerprint density at radius 2 is 1.82 bits per heavy atom. The van der Waals surface area contributed by atoms with Gasteiger partial charge in [0.1, 0.15) is 0 Å². The summed E-state index contributed by atoms with van der Waals surface area (Å²) >= 11 is 0. The van der Waals surface area contributed by atoms with Crippen molar-refractivity contribution in [2.75, 3.05) is 36.4 Å². The highest BCUT2D eigenvalue weighted by Crippen LogP contribution is 2.20. The SMILES string of the molecule is CCN(CC)CC(C)Nc1ccc(N)c(N)c1. The number of nitrogen functional groups attached to an aromatic ring is 2. The quantitative estimate of drug-likeness (QED) is 0.661.